The Morgan fingerprint density at radius 1 is 1.27 bits per heavy atom. The van der Waals surface area contributed by atoms with E-state index in [0.29, 0.717) is 18.2 Å². The Hall–Kier alpha value is -1.75. The molecule has 0 aliphatic carbocycles. The van der Waals surface area contributed by atoms with Gasteiger partial charge in [0.15, 0.2) is 0 Å². The van der Waals surface area contributed by atoms with Gasteiger partial charge >= 0.3 is 6.09 Å². The van der Waals surface area contributed by atoms with Crippen molar-refractivity contribution in [2.45, 2.75) is 40.2 Å². The predicted octanol–water partition coefficient (Wildman–Crippen LogP) is 3.66. The number of carbonyl (C=O) groups is 1. The molecule has 0 saturated carbocycles. The number of hydrogen-bond acceptors (Lipinski definition) is 4. The fourth-order valence-corrected chi connectivity index (χ4v) is 1.72. The molecule has 0 aliphatic rings. The Labute approximate surface area is 133 Å². The molecule has 2 N–H and O–H groups in total. The summed E-state index contributed by atoms with van der Waals surface area (Å²) < 4.78 is 10.9. The lowest BCUT2D eigenvalue weighted by Crippen LogP contribution is -2.27. The molecule has 0 saturated heterocycles. The van der Waals surface area contributed by atoms with Gasteiger partial charge in [0.1, 0.15) is 18.0 Å². The van der Waals surface area contributed by atoms with E-state index in [2.05, 4.69) is 24.5 Å². The molecule has 124 valence electrons. The summed E-state index contributed by atoms with van der Waals surface area (Å²) in [5, 5.41) is 6.01. The summed E-state index contributed by atoms with van der Waals surface area (Å²) in [4.78, 5) is 11.7. The highest BCUT2D eigenvalue weighted by atomic mass is 16.6. The van der Waals surface area contributed by atoms with Crippen LogP contribution < -0.4 is 15.4 Å². The van der Waals surface area contributed by atoms with Crippen LogP contribution >= 0.6 is 0 Å². The molecule has 0 aromatic heterocycles. The molecule has 0 spiro atoms. The van der Waals surface area contributed by atoms with Gasteiger partial charge < -0.3 is 14.8 Å². The van der Waals surface area contributed by atoms with Gasteiger partial charge in [0.25, 0.3) is 0 Å². The van der Waals surface area contributed by atoms with E-state index in [0.717, 1.165) is 18.8 Å². The molecule has 5 nitrogen and oxygen atoms in total. The summed E-state index contributed by atoms with van der Waals surface area (Å²) in [5.74, 6) is 1.35. The summed E-state index contributed by atoms with van der Waals surface area (Å²) in [5.41, 5.74) is 0.141. The Morgan fingerprint density at radius 2 is 2.00 bits per heavy atom. The zero-order valence-electron chi connectivity index (χ0n) is 14.2. The molecule has 0 heterocycles. The van der Waals surface area contributed by atoms with Gasteiger partial charge in [0.2, 0.25) is 0 Å². The van der Waals surface area contributed by atoms with Crippen LogP contribution in [0.5, 0.6) is 5.75 Å². The second-order valence-electron chi connectivity index (χ2n) is 6.60. The first-order chi connectivity index (χ1) is 10.3. The molecule has 22 heavy (non-hydrogen) atoms. The minimum absolute atomic E-state index is 0.469. The number of carbonyl (C=O) groups excluding carboxylic acids is 1. The highest BCUT2D eigenvalue weighted by Crippen LogP contribution is 2.18. The molecule has 0 radical (unpaired) electrons. The quantitative estimate of drug-likeness (QED) is 0.755. The van der Waals surface area contributed by atoms with Gasteiger partial charge in [-0.2, -0.15) is 0 Å². The molecule has 0 aliphatic heterocycles. The van der Waals surface area contributed by atoms with Crippen LogP contribution in [0, 0.1) is 5.92 Å². The van der Waals surface area contributed by atoms with Crippen LogP contribution in [0.4, 0.5) is 10.5 Å². The van der Waals surface area contributed by atoms with E-state index < -0.39 is 11.7 Å². The van der Waals surface area contributed by atoms with Crippen LogP contribution in [-0.4, -0.2) is 31.4 Å². The van der Waals surface area contributed by atoms with Crippen molar-refractivity contribution in [3.63, 3.8) is 0 Å². The molecule has 1 rings (SSSR count). The van der Waals surface area contributed by atoms with Crippen LogP contribution in [0.3, 0.4) is 0 Å². The molecule has 0 atom stereocenters. The van der Waals surface area contributed by atoms with Crippen molar-refractivity contribution in [2.24, 2.45) is 5.92 Å². The Morgan fingerprint density at radius 3 is 2.64 bits per heavy atom. The number of nitrogens with one attached hydrogen (secondary N) is 2. The van der Waals surface area contributed by atoms with E-state index in [4.69, 9.17) is 9.47 Å². The van der Waals surface area contributed by atoms with Crippen molar-refractivity contribution in [3.8, 4) is 5.75 Å². The molecule has 1 amide bonds. The van der Waals surface area contributed by atoms with Gasteiger partial charge in [-0.1, -0.05) is 19.9 Å². The maximum absolute atomic E-state index is 11.7. The van der Waals surface area contributed by atoms with Gasteiger partial charge in [0.05, 0.1) is 0 Å². The lowest BCUT2D eigenvalue weighted by atomic mass is 10.2. The van der Waals surface area contributed by atoms with Gasteiger partial charge in [-0.3, -0.25) is 5.32 Å². The molecule has 5 heteroatoms. The van der Waals surface area contributed by atoms with Crippen molar-refractivity contribution >= 4 is 11.8 Å². The predicted molar refractivity (Wildman–Crippen MR) is 89.5 cm³/mol. The first-order valence-corrected chi connectivity index (χ1v) is 7.70. The summed E-state index contributed by atoms with van der Waals surface area (Å²) in [6.45, 7) is 12.2. The molecular weight excluding hydrogens is 280 g/mol. The van der Waals surface area contributed by atoms with Crippen molar-refractivity contribution in [2.75, 3.05) is 25.0 Å². The normalized spacial score (nSPS) is 11.4. The van der Waals surface area contributed by atoms with E-state index in [1.807, 2.05) is 32.9 Å². The average molecular weight is 308 g/mol. The number of benzene rings is 1. The van der Waals surface area contributed by atoms with Crippen molar-refractivity contribution in [3.05, 3.63) is 24.3 Å². The Bertz CT molecular complexity index is 467. The largest absolute Gasteiger partial charge is 0.492 e. The SMILES string of the molecule is CC(C)CNCCOc1cccc(NC(=O)OC(C)(C)C)c1. The van der Waals surface area contributed by atoms with Gasteiger partial charge in [-0.15, -0.1) is 0 Å². The summed E-state index contributed by atoms with van der Waals surface area (Å²) in [6.07, 6.45) is -0.469. The smallest absolute Gasteiger partial charge is 0.412 e. The van der Waals surface area contributed by atoms with Crippen LogP contribution in [0.2, 0.25) is 0 Å². The lowest BCUT2D eigenvalue weighted by molar-refractivity contribution is 0.0636. The molecule has 0 unspecified atom stereocenters. The number of amides is 1. The Balaban J connectivity index is 2.40. The number of ether oxygens (including phenoxy) is 2. The minimum Gasteiger partial charge on any atom is -0.492 e. The topological polar surface area (TPSA) is 59.6 Å². The fraction of sp³-hybridized carbons (Fsp3) is 0.588. The second-order valence-corrected chi connectivity index (χ2v) is 6.60. The van der Waals surface area contributed by atoms with Crippen molar-refractivity contribution in [1.82, 2.24) is 5.32 Å². The Kier molecular flexibility index (Phi) is 7.18. The highest BCUT2D eigenvalue weighted by Gasteiger charge is 2.16. The van der Waals surface area contributed by atoms with Crippen LogP contribution in [0.1, 0.15) is 34.6 Å². The van der Waals surface area contributed by atoms with E-state index in [1.54, 1.807) is 12.1 Å². The first kappa shape index (κ1) is 18.3. The minimum atomic E-state index is -0.514. The summed E-state index contributed by atoms with van der Waals surface area (Å²) >= 11 is 0. The lowest BCUT2D eigenvalue weighted by Gasteiger charge is -2.19. The molecule has 1 aromatic carbocycles. The highest BCUT2D eigenvalue weighted by molar-refractivity contribution is 5.85. The van der Waals surface area contributed by atoms with E-state index >= 15 is 0 Å². The monoisotopic (exact) mass is 308 g/mol. The number of hydrogen-bond donors (Lipinski definition) is 2. The first-order valence-electron chi connectivity index (χ1n) is 7.70. The fourth-order valence-electron chi connectivity index (χ4n) is 1.72. The number of rotatable bonds is 7. The maximum Gasteiger partial charge on any atom is 0.412 e. The van der Waals surface area contributed by atoms with Gasteiger partial charge in [-0.05, 0) is 45.4 Å². The van der Waals surface area contributed by atoms with E-state index in [1.165, 1.54) is 0 Å². The third-order valence-corrected chi connectivity index (χ3v) is 2.58. The molecular formula is C17H28N2O3. The molecule has 1 aromatic rings. The zero-order valence-corrected chi connectivity index (χ0v) is 14.2. The summed E-state index contributed by atoms with van der Waals surface area (Å²) in [6, 6.07) is 7.28. The maximum atomic E-state index is 11.7. The van der Waals surface area contributed by atoms with E-state index in [9.17, 15) is 4.79 Å². The second kappa shape index (κ2) is 8.63. The standard InChI is InChI=1S/C17H28N2O3/c1-13(2)12-18-9-10-21-15-8-6-7-14(11-15)19-16(20)22-17(3,4)5/h6-8,11,13,18H,9-10,12H2,1-5H3,(H,19,20). The zero-order chi connectivity index (χ0) is 16.6. The average Bonchev–Trinajstić information content (AvgIpc) is 2.36. The third kappa shape index (κ3) is 8.52. The molecule has 0 fully saturated rings. The van der Waals surface area contributed by atoms with Gasteiger partial charge in [-0.25, -0.2) is 4.79 Å². The number of anilines is 1. The molecule has 0 bridgehead atoms. The van der Waals surface area contributed by atoms with E-state index in [-0.39, 0.29) is 0 Å². The van der Waals surface area contributed by atoms with Gasteiger partial charge in [0, 0.05) is 18.3 Å². The van der Waals surface area contributed by atoms with Crippen molar-refractivity contribution in [1.29, 1.82) is 0 Å². The van der Waals surface area contributed by atoms with Crippen molar-refractivity contribution < 1.29 is 14.3 Å². The summed E-state index contributed by atoms with van der Waals surface area (Å²) in [7, 11) is 0. The van der Waals surface area contributed by atoms with Crippen LogP contribution in [0.25, 0.3) is 0 Å². The third-order valence-electron chi connectivity index (χ3n) is 2.58. The van der Waals surface area contributed by atoms with Crippen LogP contribution in [0.15, 0.2) is 24.3 Å². The van der Waals surface area contributed by atoms with Crippen LogP contribution in [-0.2, 0) is 4.74 Å².